The SMILES string of the molecule is Cc1ccc(Br)c(NS(=O)(=O)c2cccc(NC(=O)C=Cc3cccc(F)c3)c2)c1. The quantitative estimate of drug-likeness (QED) is 0.459. The van der Waals surface area contributed by atoms with Crippen molar-refractivity contribution in [3.8, 4) is 0 Å². The van der Waals surface area contributed by atoms with Crippen LogP contribution < -0.4 is 10.0 Å². The first kappa shape index (κ1) is 21.7. The number of hydrogen-bond acceptors (Lipinski definition) is 3. The summed E-state index contributed by atoms with van der Waals surface area (Å²) in [5.74, 6) is -0.869. The number of hydrogen-bond donors (Lipinski definition) is 2. The Morgan fingerprint density at radius 1 is 1.03 bits per heavy atom. The number of rotatable bonds is 6. The van der Waals surface area contributed by atoms with Crippen molar-refractivity contribution < 1.29 is 17.6 Å². The van der Waals surface area contributed by atoms with Crippen molar-refractivity contribution in [1.82, 2.24) is 0 Å². The number of amides is 1. The highest BCUT2D eigenvalue weighted by atomic mass is 79.9. The van der Waals surface area contributed by atoms with Gasteiger partial charge in [-0.05, 0) is 82.5 Å². The standard InChI is InChI=1S/C22H18BrFN2O3S/c1-15-8-10-20(23)21(12-15)26-30(28,29)19-7-3-6-18(14-19)25-22(27)11-9-16-4-2-5-17(24)13-16/h2-14,26H,1H3,(H,25,27). The lowest BCUT2D eigenvalue weighted by Crippen LogP contribution is -2.14. The summed E-state index contributed by atoms with van der Waals surface area (Å²) in [6.45, 7) is 1.86. The minimum Gasteiger partial charge on any atom is -0.322 e. The molecule has 0 radical (unpaired) electrons. The maximum Gasteiger partial charge on any atom is 0.262 e. The van der Waals surface area contributed by atoms with Crippen molar-refractivity contribution in [2.24, 2.45) is 0 Å². The minimum atomic E-state index is -3.86. The molecule has 1 amide bonds. The monoisotopic (exact) mass is 488 g/mol. The van der Waals surface area contributed by atoms with E-state index in [4.69, 9.17) is 0 Å². The van der Waals surface area contributed by atoms with Gasteiger partial charge in [0.25, 0.3) is 10.0 Å². The van der Waals surface area contributed by atoms with Gasteiger partial charge in [-0.15, -0.1) is 0 Å². The third-order valence-corrected chi connectivity index (χ3v) is 6.11. The molecule has 3 aromatic carbocycles. The van der Waals surface area contributed by atoms with E-state index in [0.29, 0.717) is 21.4 Å². The number of aryl methyl sites for hydroxylation is 1. The molecule has 0 aliphatic heterocycles. The molecule has 5 nitrogen and oxygen atoms in total. The average Bonchev–Trinajstić information content (AvgIpc) is 2.69. The largest absolute Gasteiger partial charge is 0.322 e. The Bertz CT molecular complexity index is 1230. The Kier molecular flexibility index (Phi) is 6.69. The number of sulfonamides is 1. The average molecular weight is 489 g/mol. The molecular formula is C22H18BrFN2O3S. The molecule has 0 bridgehead atoms. The Hall–Kier alpha value is -2.97. The van der Waals surface area contributed by atoms with E-state index in [1.54, 1.807) is 30.3 Å². The molecule has 0 spiro atoms. The van der Waals surface area contributed by atoms with Gasteiger partial charge in [0.1, 0.15) is 5.82 Å². The zero-order chi connectivity index (χ0) is 21.7. The summed E-state index contributed by atoms with van der Waals surface area (Å²) >= 11 is 3.33. The maximum absolute atomic E-state index is 13.2. The normalized spacial score (nSPS) is 11.4. The number of carbonyl (C=O) groups excluding carboxylic acids is 1. The zero-order valence-corrected chi connectivity index (χ0v) is 18.3. The molecule has 0 aliphatic rings. The topological polar surface area (TPSA) is 75.3 Å². The van der Waals surface area contributed by atoms with Gasteiger partial charge in [0, 0.05) is 16.2 Å². The summed E-state index contributed by atoms with van der Waals surface area (Å²) in [7, 11) is -3.86. The van der Waals surface area contributed by atoms with E-state index >= 15 is 0 Å². The van der Waals surface area contributed by atoms with E-state index < -0.39 is 21.7 Å². The molecule has 8 heteroatoms. The van der Waals surface area contributed by atoms with Crippen LogP contribution >= 0.6 is 15.9 Å². The molecular weight excluding hydrogens is 471 g/mol. The van der Waals surface area contributed by atoms with Crippen LogP contribution in [0, 0.1) is 12.7 Å². The first-order valence-corrected chi connectivity index (χ1v) is 11.1. The highest BCUT2D eigenvalue weighted by Crippen LogP contribution is 2.26. The molecule has 0 saturated carbocycles. The van der Waals surface area contributed by atoms with Gasteiger partial charge in [-0.1, -0.05) is 24.3 Å². The van der Waals surface area contributed by atoms with Gasteiger partial charge in [0.15, 0.2) is 0 Å². The van der Waals surface area contributed by atoms with Crippen LogP contribution in [0.2, 0.25) is 0 Å². The van der Waals surface area contributed by atoms with Gasteiger partial charge in [0.05, 0.1) is 10.6 Å². The minimum absolute atomic E-state index is 0.00261. The van der Waals surface area contributed by atoms with E-state index in [9.17, 15) is 17.6 Å². The lowest BCUT2D eigenvalue weighted by molar-refractivity contribution is -0.111. The third-order valence-electron chi connectivity index (χ3n) is 4.05. The van der Waals surface area contributed by atoms with Crippen LogP contribution in [0.5, 0.6) is 0 Å². The molecule has 2 N–H and O–H groups in total. The summed E-state index contributed by atoms with van der Waals surface area (Å²) in [6.07, 6.45) is 2.72. The molecule has 3 aromatic rings. The summed E-state index contributed by atoms with van der Waals surface area (Å²) in [5, 5.41) is 2.60. The fraction of sp³-hybridized carbons (Fsp3) is 0.0455. The maximum atomic E-state index is 13.2. The number of benzene rings is 3. The van der Waals surface area contributed by atoms with Crippen LogP contribution in [0.3, 0.4) is 0 Å². The van der Waals surface area contributed by atoms with Crippen molar-refractivity contribution in [3.63, 3.8) is 0 Å². The summed E-state index contributed by atoms with van der Waals surface area (Å²) in [6, 6.07) is 17.1. The van der Waals surface area contributed by atoms with Crippen molar-refractivity contribution in [1.29, 1.82) is 0 Å². The van der Waals surface area contributed by atoms with E-state index in [1.807, 2.05) is 13.0 Å². The van der Waals surface area contributed by atoms with Gasteiger partial charge in [0.2, 0.25) is 5.91 Å². The molecule has 0 aromatic heterocycles. The highest BCUT2D eigenvalue weighted by molar-refractivity contribution is 9.10. The van der Waals surface area contributed by atoms with Crippen molar-refractivity contribution >= 4 is 49.3 Å². The fourth-order valence-corrected chi connectivity index (χ4v) is 4.22. The summed E-state index contributed by atoms with van der Waals surface area (Å²) in [4.78, 5) is 12.1. The molecule has 154 valence electrons. The molecule has 0 atom stereocenters. The van der Waals surface area contributed by atoms with Gasteiger partial charge < -0.3 is 5.32 Å². The van der Waals surface area contributed by atoms with Gasteiger partial charge in [-0.2, -0.15) is 0 Å². The van der Waals surface area contributed by atoms with E-state index in [-0.39, 0.29) is 4.90 Å². The molecule has 3 rings (SSSR count). The molecule has 0 saturated heterocycles. The Morgan fingerprint density at radius 2 is 1.80 bits per heavy atom. The van der Waals surface area contributed by atoms with Crippen molar-refractivity contribution in [2.45, 2.75) is 11.8 Å². The van der Waals surface area contributed by atoms with E-state index in [1.165, 1.54) is 42.5 Å². The van der Waals surface area contributed by atoms with E-state index in [0.717, 1.165) is 5.56 Å². The second kappa shape index (κ2) is 9.23. The van der Waals surface area contributed by atoms with Gasteiger partial charge in [-0.25, -0.2) is 12.8 Å². The second-order valence-corrected chi connectivity index (χ2v) is 9.03. The van der Waals surface area contributed by atoms with Crippen LogP contribution in [0.25, 0.3) is 6.08 Å². The third kappa shape index (κ3) is 5.77. The lowest BCUT2D eigenvalue weighted by Gasteiger charge is -2.11. The molecule has 0 heterocycles. The lowest BCUT2D eigenvalue weighted by atomic mass is 10.2. The van der Waals surface area contributed by atoms with Crippen molar-refractivity contribution in [3.05, 3.63) is 94.2 Å². The number of anilines is 2. The van der Waals surface area contributed by atoms with Crippen molar-refractivity contribution in [2.75, 3.05) is 10.0 Å². The number of halogens is 2. The van der Waals surface area contributed by atoms with Crippen LogP contribution in [-0.4, -0.2) is 14.3 Å². The Morgan fingerprint density at radius 3 is 2.57 bits per heavy atom. The Labute approximate surface area is 182 Å². The van der Waals surface area contributed by atoms with Crippen LogP contribution in [0.4, 0.5) is 15.8 Å². The number of nitrogens with one attached hydrogen (secondary N) is 2. The predicted octanol–water partition coefficient (Wildman–Crippen LogP) is 5.35. The molecule has 30 heavy (non-hydrogen) atoms. The first-order chi connectivity index (χ1) is 14.2. The van der Waals surface area contributed by atoms with Crippen LogP contribution in [0.15, 0.2) is 82.2 Å². The number of carbonyl (C=O) groups is 1. The van der Waals surface area contributed by atoms with Crippen LogP contribution in [-0.2, 0) is 14.8 Å². The summed E-state index contributed by atoms with van der Waals surface area (Å²) in [5.41, 5.74) is 2.17. The zero-order valence-electron chi connectivity index (χ0n) is 15.9. The van der Waals surface area contributed by atoms with Crippen LogP contribution in [0.1, 0.15) is 11.1 Å². The molecule has 0 fully saturated rings. The first-order valence-electron chi connectivity index (χ1n) is 8.87. The Balaban J connectivity index is 1.75. The second-order valence-electron chi connectivity index (χ2n) is 6.49. The van der Waals surface area contributed by atoms with E-state index in [2.05, 4.69) is 26.0 Å². The summed E-state index contributed by atoms with van der Waals surface area (Å²) < 4.78 is 41.9. The smallest absolute Gasteiger partial charge is 0.262 e. The molecule has 0 aliphatic carbocycles. The molecule has 0 unspecified atom stereocenters. The predicted molar refractivity (Wildman–Crippen MR) is 120 cm³/mol. The van der Waals surface area contributed by atoms with Gasteiger partial charge >= 0.3 is 0 Å². The highest BCUT2D eigenvalue weighted by Gasteiger charge is 2.16. The fourth-order valence-electron chi connectivity index (χ4n) is 2.63. The van der Waals surface area contributed by atoms with Gasteiger partial charge in [-0.3, -0.25) is 9.52 Å².